The van der Waals surface area contributed by atoms with Crippen LogP contribution in [0.1, 0.15) is 26.5 Å². The number of hydrogen-bond donors (Lipinski definition) is 1. The standard InChI is InChI=1S/C15H9BrFN3O2/c1-7-6-8(17)2-3-9(7)20-11-10(16)14(21)12-13(15(11)22)19-5-4-18-12/h2-6,20H,1H3. The molecular formula is C15H9BrFN3O2. The van der Waals surface area contributed by atoms with Crippen LogP contribution in [-0.4, -0.2) is 21.5 Å². The number of carbonyl (C=O) groups is 2. The van der Waals surface area contributed by atoms with Crippen LogP contribution in [0.15, 0.2) is 40.8 Å². The van der Waals surface area contributed by atoms with E-state index in [4.69, 9.17) is 0 Å². The highest BCUT2D eigenvalue weighted by atomic mass is 79.9. The number of aryl methyl sites for hydroxylation is 1. The summed E-state index contributed by atoms with van der Waals surface area (Å²) in [5.74, 6) is -1.25. The molecule has 7 heteroatoms. The van der Waals surface area contributed by atoms with Crippen LogP contribution in [0.4, 0.5) is 10.1 Å². The lowest BCUT2D eigenvalue weighted by Crippen LogP contribution is -2.26. The molecule has 0 spiro atoms. The summed E-state index contributed by atoms with van der Waals surface area (Å²) in [6.45, 7) is 1.70. The van der Waals surface area contributed by atoms with E-state index in [1.807, 2.05) is 0 Å². The third kappa shape index (κ3) is 2.33. The normalized spacial score (nSPS) is 14.1. The zero-order valence-corrected chi connectivity index (χ0v) is 12.9. The summed E-state index contributed by atoms with van der Waals surface area (Å²) in [7, 11) is 0. The first kappa shape index (κ1) is 14.5. The third-order valence-electron chi connectivity index (χ3n) is 3.22. The minimum absolute atomic E-state index is 0.00188. The number of nitrogens with one attached hydrogen (secondary N) is 1. The molecule has 1 heterocycles. The molecule has 110 valence electrons. The minimum Gasteiger partial charge on any atom is -0.351 e. The molecule has 1 aliphatic rings. The molecule has 0 radical (unpaired) electrons. The van der Waals surface area contributed by atoms with E-state index in [0.717, 1.165) is 0 Å². The topological polar surface area (TPSA) is 72.0 Å². The fraction of sp³-hybridized carbons (Fsp3) is 0.0667. The Hall–Kier alpha value is -2.41. The lowest BCUT2D eigenvalue weighted by atomic mass is 10.0. The Labute approximate surface area is 133 Å². The summed E-state index contributed by atoms with van der Waals surface area (Å²) in [6.07, 6.45) is 2.71. The van der Waals surface area contributed by atoms with Crippen molar-refractivity contribution >= 4 is 33.2 Å². The molecular weight excluding hydrogens is 353 g/mol. The highest BCUT2D eigenvalue weighted by molar-refractivity contribution is 9.12. The van der Waals surface area contributed by atoms with Crippen molar-refractivity contribution in [3.05, 3.63) is 63.5 Å². The Kier molecular flexibility index (Phi) is 3.58. The van der Waals surface area contributed by atoms with Crippen molar-refractivity contribution in [1.82, 2.24) is 9.97 Å². The average Bonchev–Trinajstić information content (AvgIpc) is 2.51. The third-order valence-corrected chi connectivity index (χ3v) is 3.98. The van der Waals surface area contributed by atoms with Crippen LogP contribution in [0, 0.1) is 12.7 Å². The van der Waals surface area contributed by atoms with E-state index in [9.17, 15) is 14.0 Å². The van der Waals surface area contributed by atoms with Gasteiger partial charge in [-0.3, -0.25) is 9.59 Å². The van der Waals surface area contributed by atoms with Gasteiger partial charge in [0.25, 0.3) is 0 Å². The fourth-order valence-electron chi connectivity index (χ4n) is 2.12. The van der Waals surface area contributed by atoms with E-state index in [2.05, 4.69) is 31.2 Å². The molecule has 0 aliphatic heterocycles. The molecule has 0 amide bonds. The van der Waals surface area contributed by atoms with Crippen LogP contribution in [-0.2, 0) is 0 Å². The predicted octanol–water partition coefficient (Wildman–Crippen LogP) is 3.02. The van der Waals surface area contributed by atoms with E-state index >= 15 is 0 Å². The monoisotopic (exact) mass is 361 g/mol. The second kappa shape index (κ2) is 5.42. The SMILES string of the molecule is Cc1cc(F)ccc1NC1=C(Br)C(=O)c2nccnc2C1=O. The maximum Gasteiger partial charge on any atom is 0.231 e. The summed E-state index contributed by atoms with van der Waals surface area (Å²) in [6, 6.07) is 4.11. The van der Waals surface area contributed by atoms with Gasteiger partial charge in [-0.25, -0.2) is 14.4 Å². The quantitative estimate of drug-likeness (QED) is 0.889. The van der Waals surface area contributed by atoms with E-state index in [1.165, 1.54) is 30.6 Å². The number of Topliss-reactive ketones (excluding diaryl/α,β-unsaturated/α-hetero) is 2. The number of fused-ring (bicyclic) bond motifs is 1. The molecule has 1 aromatic heterocycles. The summed E-state index contributed by atoms with van der Waals surface area (Å²) in [4.78, 5) is 32.5. The van der Waals surface area contributed by atoms with Crippen molar-refractivity contribution in [2.45, 2.75) is 6.92 Å². The van der Waals surface area contributed by atoms with Crippen molar-refractivity contribution in [2.24, 2.45) is 0 Å². The molecule has 1 N–H and O–H groups in total. The fourth-order valence-corrected chi connectivity index (χ4v) is 2.59. The molecule has 22 heavy (non-hydrogen) atoms. The van der Waals surface area contributed by atoms with Crippen molar-refractivity contribution in [3.63, 3.8) is 0 Å². The number of rotatable bonds is 2. The van der Waals surface area contributed by atoms with Crippen LogP contribution in [0.5, 0.6) is 0 Å². The van der Waals surface area contributed by atoms with E-state index in [1.54, 1.807) is 6.92 Å². The lowest BCUT2D eigenvalue weighted by molar-refractivity contribution is 0.0975. The van der Waals surface area contributed by atoms with Crippen molar-refractivity contribution in [3.8, 4) is 0 Å². The van der Waals surface area contributed by atoms with Crippen molar-refractivity contribution < 1.29 is 14.0 Å². The number of aromatic nitrogens is 2. The second-order valence-corrected chi connectivity index (χ2v) is 5.48. The Balaban J connectivity index is 2.05. The van der Waals surface area contributed by atoms with Gasteiger partial charge in [0.2, 0.25) is 11.6 Å². The second-order valence-electron chi connectivity index (χ2n) is 4.69. The first-order valence-electron chi connectivity index (χ1n) is 6.32. The average molecular weight is 362 g/mol. The van der Waals surface area contributed by atoms with Gasteiger partial charge in [0, 0.05) is 18.1 Å². The Morgan fingerprint density at radius 3 is 2.36 bits per heavy atom. The van der Waals surface area contributed by atoms with Crippen molar-refractivity contribution in [2.75, 3.05) is 5.32 Å². The predicted molar refractivity (Wildman–Crippen MR) is 81.4 cm³/mol. The van der Waals surface area contributed by atoms with Gasteiger partial charge in [-0.05, 0) is 46.6 Å². The molecule has 1 aromatic carbocycles. The van der Waals surface area contributed by atoms with Gasteiger partial charge in [-0.1, -0.05) is 0 Å². The molecule has 0 atom stereocenters. The summed E-state index contributed by atoms with van der Waals surface area (Å²) in [5.41, 5.74) is 1.21. The van der Waals surface area contributed by atoms with Gasteiger partial charge >= 0.3 is 0 Å². The minimum atomic E-state index is -0.446. The van der Waals surface area contributed by atoms with Crippen LogP contribution < -0.4 is 5.32 Å². The van der Waals surface area contributed by atoms with Crippen LogP contribution in [0.3, 0.4) is 0 Å². The smallest absolute Gasteiger partial charge is 0.231 e. The van der Waals surface area contributed by atoms with Crippen LogP contribution in [0.25, 0.3) is 0 Å². The number of ketones is 2. The first-order chi connectivity index (χ1) is 10.5. The summed E-state index contributed by atoms with van der Waals surface area (Å²) in [5, 5.41) is 2.88. The van der Waals surface area contributed by atoms with Gasteiger partial charge < -0.3 is 5.32 Å². The molecule has 0 fully saturated rings. The molecule has 3 rings (SSSR count). The van der Waals surface area contributed by atoms with Gasteiger partial charge in [0.05, 0.1) is 4.48 Å². The number of allylic oxidation sites excluding steroid dienone is 2. The molecule has 2 aromatic rings. The Morgan fingerprint density at radius 1 is 1.09 bits per heavy atom. The van der Waals surface area contributed by atoms with Gasteiger partial charge in [-0.2, -0.15) is 0 Å². The van der Waals surface area contributed by atoms with Crippen LogP contribution in [0.2, 0.25) is 0 Å². The van der Waals surface area contributed by atoms with E-state index < -0.39 is 11.6 Å². The highest BCUT2D eigenvalue weighted by Gasteiger charge is 2.33. The molecule has 0 unspecified atom stereocenters. The zero-order chi connectivity index (χ0) is 15.9. The number of benzene rings is 1. The number of carbonyl (C=O) groups excluding carboxylic acids is 2. The molecule has 0 saturated carbocycles. The Bertz CT molecular complexity index is 848. The molecule has 0 saturated heterocycles. The van der Waals surface area contributed by atoms with E-state index in [-0.39, 0.29) is 27.4 Å². The summed E-state index contributed by atoms with van der Waals surface area (Å²) < 4.78 is 13.2. The maximum absolute atomic E-state index is 13.2. The maximum atomic E-state index is 13.2. The first-order valence-corrected chi connectivity index (χ1v) is 7.11. The highest BCUT2D eigenvalue weighted by Crippen LogP contribution is 2.29. The number of anilines is 1. The van der Waals surface area contributed by atoms with Gasteiger partial charge in [-0.15, -0.1) is 0 Å². The number of nitrogens with zero attached hydrogens (tertiary/aromatic N) is 2. The largest absolute Gasteiger partial charge is 0.351 e. The number of halogens is 2. The molecule has 0 bridgehead atoms. The van der Waals surface area contributed by atoms with E-state index in [0.29, 0.717) is 11.3 Å². The van der Waals surface area contributed by atoms with Crippen molar-refractivity contribution in [1.29, 1.82) is 0 Å². The lowest BCUT2D eigenvalue weighted by Gasteiger charge is -2.18. The molecule has 5 nitrogen and oxygen atoms in total. The molecule has 1 aliphatic carbocycles. The van der Waals surface area contributed by atoms with Gasteiger partial charge in [0.1, 0.15) is 22.9 Å². The van der Waals surface area contributed by atoms with Crippen LogP contribution >= 0.6 is 15.9 Å². The summed E-state index contributed by atoms with van der Waals surface area (Å²) >= 11 is 3.13. The Morgan fingerprint density at radius 2 is 1.73 bits per heavy atom. The van der Waals surface area contributed by atoms with Gasteiger partial charge in [0.15, 0.2) is 0 Å². The zero-order valence-electron chi connectivity index (χ0n) is 11.4. The number of hydrogen-bond acceptors (Lipinski definition) is 5.